The second kappa shape index (κ2) is 16.6. The number of aliphatic hydroxyl groups excluding tert-OH is 1. The van der Waals surface area contributed by atoms with E-state index in [0.717, 1.165) is 23.7 Å². The van der Waals surface area contributed by atoms with Crippen LogP contribution < -0.4 is 0 Å². The van der Waals surface area contributed by atoms with E-state index >= 15 is 0 Å². The Balaban J connectivity index is 1.76. The first-order valence-electron chi connectivity index (χ1n) is 14.3. The SMILES string of the molecule is CC1CBCC[C@H](C)CCCCCCCCCCCCCC2C(CO)CCC2CC1. The number of hydrogen-bond acceptors (Lipinski definition) is 1. The molecule has 1 aliphatic carbocycles. The van der Waals surface area contributed by atoms with Gasteiger partial charge < -0.3 is 5.11 Å². The van der Waals surface area contributed by atoms with Gasteiger partial charge in [0.15, 0.2) is 0 Å². The minimum atomic E-state index is 0.439. The summed E-state index contributed by atoms with van der Waals surface area (Å²) in [7, 11) is 1.44. The molecule has 30 heavy (non-hydrogen) atoms. The van der Waals surface area contributed by atoms with E-state index in [0.29, 0.717) is 12.5 Å². The van der Waals surface area contributed by atoms with Crippen LogP contribution in [0.15, 0.2) is 0 Å². The van der Waals surface area contributed by atoms with Crippen LogP contribution in [-0.2, 0) is 0 Å². The van der Waals surface area contributed by atoms with Gasteiger partial charge in [-0.05, 0) is 49.4 Å². The standard InChI is InChI=1S/C28H55BO/c1-24-14-12-10-8-6-4-3-5-7-9-11-13-15-28-26(18-19-27(28)23-30)17-16-25(2)22-29-21-20-24/h24-30H,3-23H2,1-2H3/t24-,25?,26?,27?,28?/m1/s1. The highest BCUT2D eigenvalue weighted by Gasteiger charge is 2.34. The number of aliphatic hydroxyl groups is 1. The van der Waals surface area contributed by atoms with E-state index in [1.165, 1.54) is 135 Å². The molecule has 1 heterocycles. The molecule has 0 aromatic heterocycles. The lowest BCUT2D eigenvalue weighted by Crippen LogP contribution is -2.19. The van der Waals surface area contributed by atoms with Crippen molar-refractivity contribution in [3.63, 3.8) is 0 Å². The summed E-state index contributed by atoms with van der Waals surface area (Å²) >= 11 is 0. The van der Waals surface area contributed by atoms with Crippen molar-refractivity contribution in [3.05, 3.63) is 0 Å². The minimum absolute atomic E-state index is 0.439. The van der Waals surface area contributed by atoms with E-state index in [-0.39, 0.29) is 0 Å². The van der Waals surface area contributed by atoms with Gasteiger partial charge in [0.25, 0.3) is 0 Å². The second-order valence-electron chi connectivity index (χ2n) is 11.5. The maximum atomic E-state index is 9.89. The van der Waals surface area contributed by atoms with Gasteiger partial charge in [0.05, 0.1) is 0 Å². The van der Waals surface area contributed by atoms with Crippen LogP contribution in [0.3, 0.4) is 0 Å². The predicted molar refractivity (Wildman–Crippen MR) is 136 cm³/mol. The molecule has 1 saturated heterocycles. The highest BCUT2D eigenvalue weighted by Crippen LogP contribution is 2.43. The molecule has 0 aromatic rings. The molecular weight excluding hydrogens is 363 g/mol. The molecule has 0 bridgehead atoms. The Bertz CT molecular complexity index is 398. The van der Waals surface area contributed by atoms with E-state index in [1.807, 2.05) is 0 Å². The molecular formula is C28H55BO. The Hall–Kier alpha value is 0.0249. The molecule has 0 radical (unpaired) electrons. The number of rotatable bonds is 1. The molecule has 4 unspecified atom stereocenters. The van der Waals surface area contributed by atoms with Gasteiger partial charge in [0.1, 0.15) is 7.28 Å². The molecule has 2 aliphatic rings. The summed E-state index contributed by atoms with van der Waals surface area (Å²) in [5.74, 6) is 4.18. The first-order chi connectivity index (χ1) is 14.7. The second-order valence-corrected chi connectivity index (χ2v) is 11.5. The topological polar surface area (TPSA) is 20.2 Å². The van der Waals surface area contributed by atoms with Crippen molar-refractivity contribution >= 4 is 7.28 Å². The molecule has 0 aromatic carbocycles. The molecule has 1 saturated carbocycles. The third-order valence-corrected chi connectivity index (χ3v) is 8.76. The van der Waals surface area contributed by atoms with Crippen molar-refractivity contribution in [1.82, 2.24) is 0 Å². The van der Waals surface area contributed by atoms with Crippen LogP contribution in [0.1, 0.15) is 129 Å². The molecule has 1 N–H and O–H groups in total. The summed E-state index contributed by atoms with van der Waals surface area (Å²) in [5, 5.41) is 9.89. The third-order valence-electron chi connectivity index (χ3n) is 8.76. The Kier molecular flexibility index (Phi) is 14.6. The molecule has 2 heteroatoms. The molecule has 176 valence electrons. The van der Waals surface area contributed by atoms with E-state index in [9.17, 15) is 5.11 Å². The summed E-state index contributed by atoms with van der Waals surface area (Å²) in [4.78, 5) is 0. The van der Waals surface area contributed by atoms with Gasteiger partial charge in [-0.2, -0.15) is 0 Å². The average Bonchev–Trinajstić information content (AvgIpc) is 3.14. The van der Waals surface area contributed by atoms with Crippen molar-refractivity contribution in [3.8, 4) is 0 Å². The zero-order valence-corrected chi connectivity index (χ0v) is 20.9. The maximum Gasteiger partial charge on any atom is 0.120 e. The lowest BCUT2D eigenvalue weighted by molar-refractivity contribution is 0.165. The van der Waals surface area contributed by atoms with Crippen molar-refractivity contribution < 1.29 is 5.11 Å². The zero-order chi connectivity index (χ0) is 21.4. The fourth-order valence-electron chi connectivity index (χ4n) is 6.53. The van der Waals surface area contributed by atoms with Gasteiger partial charge in [-0.15, -0.1) is 0 Å². The van der Waals surface area contributed by atoms with Gasteiger partial charge >= 0.3 is 0 Å². The quantitative estimate of drug-likeness (QED) is 0.424. The predicted octanol–water partition coefficient (Wildman–Crippen LogP) is 8.42. The van der Waals surface area contributed by atoms with E-state index in [4.69, 9.17) is 0 Å². The highest BCUT2D eigenvalue weighted by atomic mass is 16.3. The minimum Gasteiger partial charge on any atom is -0.396 e. The monoisotopic (exact) mass is 418 g/mol. The Labute approximate surface area is 190 Å². The first-order valence-corrected chi connectivity index (χ1v) is 14.3. The zero-order valence-electron chi connectivity index (χ0n) is 20.9. The molecule has 2 rings (SSSR count). The van der Waals surface area contributed by atoms with Gasteiger partial charge in [-0.25, -0.2) is 0 Å². The molecule has 1 nitrogen and oxygen atoms in total. The Morgan fingerprint density at radius 2 is 1.17 bits per heavy atom. The Morgan fingerprint density at radius 1 is 0.600 bits per heavy atom. The van der Waals surface area contributed by atoms with Crippen LogP contribution in [0.5, 0.6) is 0 Å². The number of fused-ring (bicyclic) bond motifs is 1. The summed E-state index contributed by atoms with van der Waals surface area (Å²) in [6.45, 7) is 5.43. The van der Waals surface area contributed by atoms with Crippen LogP contribution in [-0.4, -0.2) is 19.0 Å². The van der Waals surface area contributed by atoms with Crippen LogP contribution >= 0.6 is 0 Å². The fraction of sp³-hybridized carbons (Fsp3) is 1.00. The molecule has 2 fully saturated rings. The van der Waals surface area contributed by atoms with Crippen LogP contribution in [0, 0.1) is 29.6 Å². The largest absolute Gasteiger partial charge is 0.396 e. The molecule has 0 spiro atoms. The summed E-state index contributed by atoms with van der Waals surface area (Å²) in [6, 6.07) is 0. The van der Waals surface area contributed by atoms with Crippen LogP contribution in [0.25, 0.3) is 0 Å². The first kappa shape index (κ1) is 26.3. The fourth-order valence-corrected chi connectivity index (χ4v) is 6.53. The van der Waals surface area contributed by atoms with Crippen molar-refractivity contribution in [2.24, 2.45) is 29.6 Å². The highest BCUT2D eigenvalue weighted by molar-refractivity contribution is 6.35. The van der Waals surface area contributed by atoms with E-state index < -0.39 is 0 Å². The van der Waals surface area contributed by atoms with Crippen molar-refractivity contribution in [2.45, 2.75) is 142 Å². The van der Waals surface area contributed by atoms with Crippen molar-refractivity contribution in [2.75, 3.05) is 6.61 Å². The maximum absolute atomic E-state index is 9.89. The number of hydrogen-bond donors (Lipinski definition) is 1. The summed E-state index contributed by atoms with van der Waals surface area (Å²) < 4.78 is 0. The van der Waals surface area contributed by atoms with Gasteiger partial charge in [0.2, 0.25) is 0 Å². The van der Waals surface area contributed by atoms with Gasteiger partial charge in [-0.1, -0.05) is 122 Å². The molecule has 5 atom stereocenters. The van der Waals surface area contributed by atoms with E-state index in [2.05, 4.69) is 13.8 Å². The molecule has 0 amide bonds. The van der Waals surface area contributed by atoms with Crippen molar-refractivity contribution in [1.29, 1.82) is 0 Å². The van der Waals surface area contributed by atoms with Gasteiger partial charge in [-0.3, -0.25) is 0 Å². The van der Waals surface area contributed by atoms with E-state index in [1.54, 1.807) is 0 Å². The summed E-state index contributed by atoms with van der Waals surface area (Å²) in [5.41, 5.74) is 0. The smallest absolute Gasteiger partial charge is 0.120 e. The molecule has 1 aliphatic heterocycles. The van der Waals surface area contributed by atoms with Gasteiger partial charge in [0, 0.05) is 6.61 Å². The average molecular weight is 419 g/mol. The van der Waals surface area contributed by atoms with Crippen LogP contribution in [0.2, 0.25) is 12.6 Å². The normalized spacial score (nSPS) is 35.2. The summed E-state index contributed by atoms with van der Waals surface area (Å²) in [6.07, 6.45) is 28.7. The van der Waals surface area contributed by atoms with Crippen LogP contribution in [0.4, 0.5) is 0 Å². The lowest BCUT2D eigenvalue weighted by Gasteiger charge is -2.25. The lowest BCUT2D eigenvalue weighted by atomic mass is 9.64. The Morgan fingerprint density at radius 3 is 1.80 bits per heavy atom. The third kappa shape index (κ3) is 11.1.